The molecule has 286 valence electrons. The molecule has 2 aliphatic carbocycles. The van der Waals surface area contributed by atoms with Crippen molar-refractivity contribution in [3.8, 4) is 23.0 Å². The van der Waals surface area contributed by atoms with Crippen LogP contribution in [0.3, 0.4) is 0 Å². The molecule has 14 heteroatoms. The molecule has 3 aliphatic rings. The maximum absolute atomic E-state index is 13.1. The normalized spacial score (nSPS) is 26.5. The van der Waals surface area contributed by atoms with Crippen molar-refractivity contribution in [2.45, 2.75) is 63.1 Å². The summed E-state index contributed by atoms with van der Waals surface area (Å²) in [6.07, 6.45) is 7.61. The van der Waals surface area contributed by atoms with Gasteiger partial charge >= 0.3 is 15.9 Å². The molecule has 0 aromatic heterocycles. The summed E-state index contributed by atoms with van der Waals surface area (Å²) >= 11 is 0. The number of nitrogens with one attached hydrogen (secondary N) is 3. The van der Waals surface area contributed by atoms with Gasteiger partial charge in [-0.3, -0.25) is 23.2 Å². The van der Waals surface area contributed by atoms with E-state index in [9.17, 15) is 9.59 Å². The summed E-state index contributed by atoms with van der Waals surface area (Å²) in [5.41, 5.74) is -1.21. The molecule has 2 fully saturated rings. The Labute approximate surface area is 324 Å². The lowest BCUT2D eigenvalue weighted by Crippen LogP contribution is -2.52. The molecule has 55 heavy (non-hydrogen) atoms. The van der Waals surface area contributed by atoms with Crippen LogP contribution < -0.4 is 33.3 Å². The zero-order chi connectivity index (χ0) is 38.1. The quantitative estimate of drug-likeness (QED) is 0.0884. The Bertz CT molecular complexity index is 1940. The Balaban J connectivity index is 1.40. The van der Waals surface area contributed by atoms with Crippen molar-refractivity contribution in [1.82, 2.24) is 15.0 Å². The molecule has 0 bridgehead atoms. The summed E-state index contributed by atoms with van der Waals surface area (Å²) in [5.74, 6) is 1.40. The topological polar surface area (TPSA) is 126 Å². The number of hydrogen-bond donors (Lipinski definition) is 3. The maximum atomic E-state index is 13.1. The summed E-state index contributed by atoms with van der Waals surface area (Å²) in [5, 5.41) is 7.51. The van der Waals surface area contributed by atoms with Crippen molar-refractivity contribution in [3.63, 3.8) is 0 Å². The van der Waals surface area contributed by atoms with Crippen molar-refractivity contribution < 1.29 is 36.9 Å². The fourth-order valence-corrected chi connectivity index (χ4v) is 15.6. The van der Waals surface area contributed by atoms with Gasteiger partial charge in [-0.1, -0.05) is 84.0 Å². The molecule has 1 saturated heterocycles. The summed E-state index contributed by atoms with van der Waals surface area (Å²) in [6, 6.07) is 37.9. The molecule has 11 nitrogen and oxygen atoms in total. The van der Waals surface area contributed by atoms with E-state index in [-0.39, 0.29) is 37.4 Å². The average molecular weight is 802 g/mol. The van der Waals surface area contributed by atoms with Gasteiger partial charge in [-0.25, -0.2) is 5.09 Å². The van der Waals surface area contributed by atoms with E-state index >= 15 is 0 Å². The van der Waals surface area contributed by atoms with Crippen molar-refractivity contribution in [2.75, 3.05) is 6.61 Å². The van der Waals surface area contributed by atoms with Crippen molar-refractivity contribution >= 4 is 35.8 Å². The van der Waals surface area contributed by atoms with Crippen molar-refractivity contribution in [3.05, 3.63) is 145 Å². The minimum atomic E-state index is -3.67. The van der Waals surface area contributed by atoms with Gasteiger partial charge in [0.15, 0.2) is 31.3 Å². The van der Waals surface area contributed by atoms with Crippen LogP contribution in [-0.4, -0.2) is 35.3 Å². The van der Waals surface area contributed by atoms with Crippen LogP contribution in [0.4, 0.5) is 0 Å². The maximum Gasteiger partial charge on any atom is 0.558 e. The SMILES string of the molecule is CC1NP(Oc2ccccc2)C(COc2ccccc2)N[P+](OC2=CCCC=C2)(Oc2ccccc2)N[P+]1(Oc1ccccc1)OC1(C)CC(=O)CC(=O)C1. The molecule has 4 aromatic rings. The van der Waals surface area contributed by atoms with Crippen LogP contribution in [0.5, 0.6) is 23.0 Å². The highest BCUT2D eigenvalue weighted by Gasteiger charge is 2.71. The third-order valence-electron chi connectivity index (χ3n) is 8.84. The molecule has 0 radical (unpaired) electrons. The van der Waals surface area contributed by atoms with Crippen LogP contribution >= 0.6 is 24.2 Å². The Morgan fingerprint density at radius 3 is 1.87 bits per heavy atom. The number of hydrogen-bond acceptors (Lipinski definition) is 11. The molecule has 5 atom stereocenters. The van der Waals surface area contributed by atoms with Gasteiger partial charge in [-0.15, -0.1) is 0 Å². The van der Waals surface area contributed by atoms with Crippen LogP contribution in [0.2, 0.25) is 0 Å². The molecule has 1 heterocycles. The number of para-hydroxylation sites is 4. The van der Waals surface area contributed by atoms with Gasteiger partial charge in [0, 0.05) is 12.8 Å². The number of carbonyl (C=O) groups is 2. The van der Waals surface area contributed by atoms with Crippen LogP contribution in [-0.2, 0) is 18.6 Å². The summed E-state index contributed by atoms with van der Waals surface area (Å²) in [6.45, 7) is 3.92. The highest BCUT2D eigenvalue weighted by atomic mass is 31.3. The van der Waals surface area contributed by atoms with Crippen LogP contribution in [0, 0.1) is 0 Å². The van der Waals surface area contributed by atoms with Gasteiger partial charge in [0.1, 0.15) is 35.3 Å². The van der Waals surface area contributed by atoms with Gasteiger partial charge in [-0.05, 0) is 87.4 Å². The number of benzene rings is 4. The lowest BCUT2D eigenvalue weighted by atomic mass is 9.85. The summed E-state index contributed by atoms with van der Waals surface area (Å²) in [7, 11) is -8.99. The first-order valence-electron chi connectivity index (χ1n) is 18.3. The minimum absolute atomic E-state index is 0.0308. The van der Waals surface area contributed by atoms with Gasteiger partial charge in [0.25, 0.3) is 0 Å². The number of allylic oxidation sites excluding steroid dienone is 3. The van der Waals surface area contributed by atoms with E-state index in [4.69, 9.17) is 27.4 Å². The smallest absolute Gasteiger partial charge is 0.491 e. The van der Waals surface area contributed by atoms with E-state index < -0.39 is 41.4 Å². The van der Waals surface area contributed by atoms with E-state index in [1.54, 1.807) is 6.92 Å². The van der Waals surface area contributed by atoms with E-state index in [2.05, 4.69) is 21.1 Å². The standard InChI is InChI=1S/C41H46N3O8P3/c1-32-42-53(48-36-20-10-4-11-21-36)40(31-47-35-18-8-3-9-19-35)43-55(50-38-24-14-6-15-25-38,51-39-26-16-7-17-27-39)44-54(32,49-37-22-12-5-13-23-37)52-41(2)29-33(45)28-34(46)30-41/h3-6,8-16,18-27,32,40,42-44H,7,17,28-31H2,1-2H3/q+2. The predicted octanol–water partition coefficient (Wildman–Crippen LogP) is 9.86. The second kappa shape index (κ2) is 17.7. The first-order valence-corrected chi connectivity index (χ1v) is 22.9. The lowest BCUT2D eigenvalue weighted by Gasteiger charge is -2.41. The summed E-state index contributed by atoms with van der Waals surface area (Å²) < 4.78 is 41.8. The van der Waals surface area contributed by atoms with Crippen molar-refractivity contribution in [1.29, 1.82) is 0 Å². The molecule has 0 amide bonds. The molecule has 1 saturated carbocycles. The average Bonchev–Trinajstić information content (AvgIpc) is 3.17. The van der Waals surface area contributed by atoms with Gasteiger partial charge < -0.3 is 9.26 Å². The van der Waals surface area contributed by atoms with Gasteiger partial charge in [0.05, 0.1) is 11.3 Å². The highest BCUT2D eigenvalue weighted by Crippen LogP contribution is 2.75. The van der Waals surface area contributed by atoms with Gasteiger partial charge in [0.2, 0.25) is 5.78 Å². The van der Waals surface area contributed by atoms with Crippen LogP contribution in [0.25, 0.3) is 0 Å². The van der Waals surface area contributed by atoms with E-state index in [0.29, 0.717) is 28.8 Å². The molecule has 7 rings (SSSR count). The zero-order valence-corrected chi connectivity index (χ0v) is 33.5. The van der Waals surface area contributed by atoms with Crippen LogP contribution in [0.15, 0.2) is 145 Å². The van der Waals surface area contributed by atoms with Crippen LogP contribution in [0.1, 0.15) is 46.0 Å². The number of Topliss-reactive ketones (excluding diaryl/α,β-unsaturated/α-hetero) is 2. The fourth-order valence-electron chi connectivity index (χ4n) is 6.42. The number of carbonyl (C=O) groups excluding carboxylic acids is 2. The largest absolute Gasteiger partial charge is 0.558 e. The van der Waals surface area contributed by atoms with Gasteiger partial charge in [-0.2, -0.15) is 4.52 Å². The Hall–Kier alpha value is -4.17. The lowest BCUT2D eigenvalue weighted by molar-refractivity contribution is -0.136. The molecular formula is C41H46N3O8P3+2. The minimum Gasteiger partial charge on any atom is -0.491 e. The van der Waals surface area contributed by atoms with E-state index in [1.807, 2.05) is 140 Å². The van der Waals surface area contributed by atoms with E-state index in [0.717, 1.165) is 12.8 Å². The predicted molar refractivity (Wildman–Crippen MR) is 217 cm³/mol. The first kappa shape index (κ1) is 39.1. The zero-order valence-electron chi connectivity index (χ0n) is 30.8. The third-order valence-corrected chi connectivity index (χ3v) is 17.2. The number of ether oxygens (including phenoxy) is 1. The molecule has 5 unspecified atom stereocenters. The monoisotopic (exact) mass is 801 g/mol. The number of rotatable bonds is 13. The highest BCUT2D eigenvalue weighted by molar-refractivity contribution is 7.80. The summed E-state index contributed by atoms with van der Waals surface area (Å²) in [4.78, 5) is 29.9. The molecular weight excluding hydrogens is 755 g/mol. The first-order chi connectivity index (χ1) is 26.7. The van der Waals surface area contributed by atoms with Crippen molar-refractivity contribution in [2.24, 2.45) is 0 Å². The Morgan fingerprint density at radius 1 is 0.727 bits per heavy atom. The molecule has 3 N–H and O–H groups in total. The fraction of sp³-hybridized carbons (Fsp3) is 0.268. The third kappa shape index (κ3) is 10.4. The Morgan fingerprint density at radius 2 is 1.29 bits per heavy atom. The molecule has 0 spiro atoms. The number of ketones is 2. The second-order valence-corrected chi connectivity index (χ2v) is 20.3. The van der Waals surface area contributed by atoms with E-state index in [1.165, 1.54) is 0 Å². The Kier molecular flexibility index (Phi) is 12.6. The molecule has 4 aromatic carbocycles. The second-order valence-electron chi connectivity index (χ2n) is 13.7. The molecule has 1 aliphatic heterocycles.